The molecule has 3 aromatic heterocycles. The first-order chi connectivity index (χ1) is 16.6. The number of hydrogen-bond donors (Lipinski definition) is 2. The highest BCUT2D eigenvalue weighted by Crippen LogP contribution is 2.26. The van der Waals surface area contributed by atoms with E-state index in [0.29, 0.717) is 18.3 Å². The van der Waals surface area contributed by atoms with Gasteiger partial charge in [0.2, 0.25) is 5.95 Å². The van der Waals surface area contributed by atoms with Crippen LogP contribution < -0.4 is 15.4 Å². The van der Waals surface area contributed by atoms with Crippen molar-refractivity contribution in [2.24, 2.45) is 0 Å². The molecule has 34 heavy (non-hydrogen) atoms. The summed E-state index contributed by atoms with van der Waals surface area (Å²) in [7, 11) is 1.67. The lowest BCUT2D eigenvalue weighted by atomic mass is 10.1. The fraction of sp³-hybridized carbons (Fsp3) is 0.231. The standard InChI is InChI=1S/C26H27N7O/c1-17(2)33-16-29-23-24(28-14-12-18-6-9-21(34-3)10-7-18)31-26(32-25(23)33)30-20-8-11-22-19(15-20)5-4-13-27-22/h4-11,13,15-17H,12,14H2,1-3H3,(H2,28,30,31,32). The summed E-state index contributed by atoms with van der Waals surface area (Å²) in [6, 6.07) is 18.3. The fourth-order valence-electron chi connectivity index (χ4n) is 3.87. The van der Waals surface area contributed by atoms with Crippen LogP contribution >= 0.6 is 0 Å². The van der Waals surface area contributed by atoms with Gasteiger partial charge in [-0.15, -0.1) is 0 Å². The third-order valence-electron chi connectivity index (χ3n) is 5.70. The summed E-state index contributed by atoms with van der Waals surface area (Å²) in [6.07, 6.45) is 4.47. The summed E-state index contributed by atoms with van der Waals surface area (Å²) in [5.74, 6) is 2.08. The fourth-order valence-corrected chi connectivity index (χ4v) is 3.87. The van der Waals surface area contributed by atoms with Gasteiger partial charge >= 0.3 is 0 Å². The molecule has 0 aliphatic rings. The van der Waals surface area contributed by atoms with E-state index in [1.807, 2.05) is 48.8 Å². The zero-order valence-electron chi connectivity index (χ0n) is 19.5. The second-order valence-corrected chi connectivity index (χ2v) is 8.37. The number of aromatic nitrogens is 5. The number of fused-ring (bicyclic) bond motifs is 2. The summed E-state index contributed by atoms with van der Waals surface area (Å²) < 4.78 is 7.30. The van der Waals surface area contributed by atoms with Gasteiger partial charge in [0.1, 0.15) is 5.75 Å². The molecule has 8 heteroatoms. The van der Waals surface area contributed by atoms with Crippen LogP contribution in [0.4, 0.5) is 17.5 Å². The highest BCUT2D eigenvalue weighted by molar-refractivity contribution is 5.86. The van der Waals surface area contributed by atoms with E-state index in [9.17, 15) is 0 Å². The number of anilines is 3. The summed E-state index contributed by atoms with van der Waals surface area (Å²) in [6.45, 7) is 4.95. The minimum atomic E-state index is 0.228. The predicted molar refractivity (Wildman–Crippen MR) is 136 cm³/mol. The van der Waals surface area contributed by atoms with E-state index < -0.39 is 0 Å². The molecule has 2 aromatic carbocycles. The van der Waals surface area contributed by atoms with E-state index in [4.69, 9.17) is 14.7 Å². The van der Waals surface area contributed by atoms with E-state index in [2.05, 4.69) is 51.1 Å². The average molecular weight is 454 g/mol. The molecule has 8 nitrogen and oxygen atoms in total. The summed E-state index contributed by atoms with van der Waals surface area (Å²) in [5, 5.41) is 7.88. The SMILES string of the molecule is COc1ccc(CCNc2nc(Nc3ccc4ncccc4c3)nc3c2ncn3C(C)C)cc1. The topological polar surface area (TPSA) is 89.8 Å². The van der Waals surface area contributed by atoms with E-state index in [1.54, 1.807) is 13.3 Å². The number of methoxy groups -OCH3 is 1. The lowest BCUT2D eigenvalue weighted by Crippen LogP contribution is -2.10. The zero-order chi connectivity index (χ0) is 23.5. The summed E-state index contributed by atoms with van der Waals surface area (Å²) in [4.78, 5) is 18.5. The van der Waals surface area contributed by atoms with Crippen molar-refractivity contribution in [1.29, 1.82) is 0 Å². The van der Waals surface area contributed by atoms with Crippen LogP contribution in [0.2, 0.25) is 0 Å². The first-order valence-electron chi connectivity index (χ1n) is 11.3. The van der Waals surface area contributed by atoms with Gasteiger partial charge in [-0.3, -0.25) is 4.98 Å². The molecule has 0 saturated heterocycles. The Morgan fingerprint density at radius 3 is 2.65 bits per heavy atom. The average Bonchev–Trinajstić information content (AvgIpc) is 3.29. The Morgan fingerprint density at radius 2 is 1.85 bits per heavy atom. The molecule has 5 aromatic rings. The lowest BCUT2D eigenvalue weighted by molar-refractivity contribution is 0.414. The van der Waals surface area contributed by atoms with Crippen molar-refractivity contribution in [1.82, 2.24) is 24.5 Å². The van der Waals surface area contributed by atoms with Gasteiger partial charge in [0.05, 0.1) is 19.0 Å². The summed E-state index contributed by atoms with van der Waals surface area (Å²) in [5.41, 5.74) is 4.62. The van der Waals surface area contributed by atoms with Gasteiger partial charge in [0.15, 0.2) is 17.0 Å². The van der Waals surface area contributed by atoms with Gasteiger partial charge in [0, 0.05) is 29.9 Å². The van der Waals surface area contributed by atoms with Gasteiger partial charge in [0.25, 0.3) is 0 Å². The van der Waals surface area contributed by atoms with Crippen molar-refractivity contribution in [3.8, 4) is 5.75 Å². The van der Waals surface area contributed by atoms with Gasteiger partial charge in [-0.05, 0) is 62.2 Å². The molecular formula is C26H27N7O. The van der Waals surface area contributed by atoms with Crippen LogP contribution in [-0.4, -0.2) is 38.2 Å². The largest absolute Gasteiger partial charge is 0.497 e. The Balaban J connectivity index is 1.42. The molecule has 0 aliphatic carbocycles. The molecule has 0 aliphatic heterocycles. The van der Waals surface area contributed by atoms with Crippen molar-refractivity contribution >= 4 is 39.5 Å². The summed E-state index contributed by atoms with van der Waals surface area (Å²) >= 11 is 0. The highest BCUT2D eigenvalue weighted by atomic mass is 16.5. The number of benzene rings is 2. The first-order valence-corrected chi connectivity index (χ1v) is 11.3. The number of pyridine rings is 1. The Labute approximate surface area is 198 Å². The molecule has 5 rings (SSSR count). The van der Waals surface area contributed by atoms with E-state index >= 15 is 0 Å². The van der Waals surface area contributed by atoms with Crippen LogP contribution in [-0.2, 0) is 6.42 Å². The molecule has 0 bridgehead atoms. The zero-order valence-corrected chi connectivity index (χ0v) is 19.5. The van der Waals surface area contributed by atoms with Crippen LogP contribution in [0, 0.1) is 0 Å². The third kappa shape index (κ3) is 4.47. The third-order valence-corrected chi connectivity index (χ3v) is 5.70. The van der Waals surface area contributed by atoms with Gasteiger partial charge in [-0.2, -0.15) is 9.97 Å². The number of ether oxygens (including phenoxy) is 1. The van der Waals surface area contributed by atoms with Crippen LogP contribution in [0.3, 0.4) is 0 Å². The van der Waals surface area contributed by atoms with Crippen molar-refractivity contribution in [3.63, 3.8) is 0 Å². The lowest BCUT2D eigenvalue weighted by Gasteiger charge is -2.12. The molecule has 0 saturated carbocycles. The minimum absolute atomic E-state index is 0.228. The van der Waals surface area contributed by atoms with Crippen molar-refractivity contribution in [2.75, 3.05) is 24.3 Å². The van der Waals surface area contributed by atoms with Crippen LogP contribution in [0.25, 0.3) is 22.1 Å². The first kappa shape index (κ1) is 21.6. The predicted octanol–water partition coefficient (Wildman–Crippen LogP) is 5.36. The van der Waals surface area contributed by atoms with E-state index in [1.165, 1.54) is 5.56 Å². The second-order valence-electron chi connectivity index (χ2n) is 8.37. The molecule has 3 heterocycles. The number of nitrogens with one attached hydrogen (secondary N) is 2. The maximum atomic E-state index is 5.24. The molecule has 0 atom stereocenters. The van der Waals surface area contributed by atoms with Crippen LogP contribution in [0.15, 0.2) is 67.1 Å². The molecule has 0 radical (unpaired) electrons. The number of imidazole rings is 1. The molecule has 172 valence electrons. The quantitative estimate of drug-likeness (QED) is 0.327. The van der Waals surface area contributed by atoms with Gasteiger partial charge in [-0.1, -0.05) is 18.2 Å². The normalized spacial score (nSPS) is 11.3. The Morgan fingerprint density at radius 1 is 1.00 bits per heavy atom. The number of nitrogens with zero attached hydrogens (tertiary/aromatic N) is 5. The van der Waals surface area contributed by atoms with E-state index in [-0.39, 0.29) is 6.04 Å². The van der Waals surface area contributed by atoms with Gasteiger partial charge in [-0.25, -0.2) is 4.98 Å². The minimum Gasteiger partial charge on any atom is -0.497 e. The molecule has 0 unspecified atom stereocenters. The Bertz CT molecular complexity index is 1430. The van der Waals surface area contributed by atoms with Crippen molar-refractivity contribution in [2.45, 2.75) is 26.3 Å². The number of rotatable bonds is 8. The molecule has 0 spiro atoms. The molecule has 0 amide bonds. The number of hydrogen-bond acceptors (Lipinski definition) is 7. The molecular weight excluding hydrogens is 426 g/mol. The second kappa shape index (κ2) is 9.35. The monoisotopic (exact) mass is 453 g/mol. The van der Waals surface area contributed by atoms with Crippen molar-refractivity contribution in [3.05, 3.63) is 72.7 Å². The highest BCUT2D eigenvalue weighted by Gasteiger charge is 2.15. The van der Waals surface area contributed by atoms with E-state index in [0.717, 1.165) is 39.9 Å². The molecule has 0 fully saturated rings. The van der Waals surface area contributed by atoms with Crippen LogP contribution in [0.1, 0.15) is 25.5 Å². The Hall–Kier alpha value is -4.20. The molecule has 2 N–H and O–H groups in total. The van der Waals surface area contributed by atoms with Crippen LogP contribution in [0.5, 0.6) is 5.75 Å². The smallest absolute Gasteiger partial charge is 0.231 e. The maximum Gasteiger partial charge on any atom is 0.231 e. The Kier molecular flexibility index (Phi) is 5.95. The van der Waals surface area contributed by atoms with Crippen molar-refractivity contribution < 1.29 is 4.74 Å². The maximum absolute atomic E-state index is 5.24. The van der Waals surface area contributed by atoms with Gasteiger partial charge < -0.3 is 19.9 Å².